The molecule has 0 aliphatic carbocycles. The monoisotopic (exact) mass is 456 g/mol. The number of nitrogens with one attached hydrogen (secondary N) is 1. The van der Waals surface area contributed by atoms with Crippen molar-refractivity contribution in [2.75, 3.05) is 19.0 Å². The normalized spacial score (nSPS) is 10.7. The van der Waals surface area contributed by atoms with Gasteiger partial charge in [-0.15, -0.1) is 0 Å². The van der Waals surface area contributed by atoms with Crippen LogP contribution in [0.25, 0.3) is 6.08 Å². The Morgan fingerprint density at radius 2 is 1.97 bits per heavy atom. The lowest BCUT2D eigenvalue weighted by atomic mass is 10.2. The fourth-order valence-corrected chi connectivity index (χ4v) is 2.44. The molecule has 0 saturated heterocycles. The van der Waals surface area contributed by atoms with Gasteiger partial charge in [0.05, 0.1) is 12.0 Å². The molecule has 0 aliphatic heterocycles. The van der Waals surface area contributed by atoms with Crippen LogP contribution < -0.4 is 14.8 Å². The number of anilines is 1. The van der Waals surface area contributed by atoms with E-state index < -0.39 is 30.0 Å². The van der Waals surface area contributed by atoms with Crippen molar-refractivity contribution in [1.82, 2.24) is 0 Å². The van der Waals surface area contributed by atoms with Crippen molar-refractivity contribution in [3.63, 3.8) is 0 Å². The molecule has 0 heterocycles. The Kier molecular flexibility index (Phi) is 8.26. The summed E-state index contributed by atoms with van der Waals surface area (Å²) < 4.78 is 38.7. The molecule has 0 aromatic heterocycles. The van der Waals surface area contributed by atoms with Crippen molar-refractivity contribution >= 4 is 40.9 Å². The number of hydrogen-bond acceptors (Lipinski definition) is 7. The largest absolute Gasteiger partial charge is 0.493 e. The average Bonchev–Trinajstić information content (AvgIpc) is 2.72. The van der Waals surface area contributed by atoms with E-state index in [0.717, 1.165) is 12.1 Å². The molecule has 0 fully saturated rings. The summed E-state index contributed by atoms with van der Waals surface area (Å²) in [6, 6.07) is 7.68. The Bertz CT molecular complexity index is 1010. The molecule has 0 bridgehead atoms. The van der Waals surface area contributed by atoms with Crippen LogP contribution in [0.2, 0.25) is 5.02 Å². The summed E-state index contributed by atoms with van der Waals surface area (Å²) in [5.74, 6) is -1.72. The second-order valence-corrected chi connectivity index (χ2v) is 6.11. The number of methoxy groups -OCH3 is 1. The smallest absolute Gasteiger partial charge is 0.387 e. The van der Waals surface area contributed by atoms with E-state index >= 15 is 0 Å². The minimum Gasteiger partial charge on any atom is -0.493 e. The third-order valence-electron chi connectivity index (χ3n) is 3.59. The third-order valence-corrected chi connectivity index (χ3v) is 3.91. The van der Waals surface area contributed by atoms with Gasteiger partial charge >= 0.3 is 12.6 Å². The topological polar surface area (TPSA) is 117 Å². The molecule has 0 unspecified atom stereocenters. The molecule has 31 heavy (non-hydrogen) atoms. The molecule has 2 rings (SSSR count). The lowest BCUT2D eigenvalue weighted by molar-refractivity contribution is -0.384. The standard InChI is InChI=1S/C19H15ClF2N2O7/c1-29-16-8-11(2-6-15(16)31-19(21)22)3-7-18(26)30-10-17(25)23-12-4-5-13(20)14(9-12)24(27)28/h2-9,19H,10H2,1H3,(H,23,25)/b7-3+. The zero-order valence-corrected chi connectivity index (χ0v) is 16.6. The predicted octanol–water partition coefficient (Wildman–Crippen LogP) is 4.05. The number of halogens is 3. The van der Waals surface area contributed by atoms with Crippen molar-refractivity contribution in [3.05, 3.63) is 63.2 Å². The van der Waals surface area contributed by atoms with E-state index in [4.69, 9.17) is 21.1 Å². The number of rotatable bonds is 9. The van der Waals surface area contributed by atoms with Gasteiger partial charge in [0.1, 0.15) is 5.02 Å². The fourth-order valence-electron chi connectivity index (χ4n) is 2.26. The van der Waals surface area contributed by atoms with Crippen molar-refractivity contribution in [1.29, 1.82) is 0 Å². The first-order valence-corrected chi connectivity index (χ1v) is 8.79. The van der Waals surface area contributed by atoms with Crippen LogP contribution >= 0.6 is 11.6 Å². The first-order chi connectivity index (χ1) is 14.7. The Labute approximate surface area is 179 Å². The highest BCUT2D eigenvalue weighted by molar-refractivity contribution is 6.32. The first-order valence-electron chi connectivity index (χ1n) is 8.41. The summed E-state index contributed by atoms with van der Waals surface area (Å²) in [4.78, 5) is 33.8. The number of hydrogen-bond donors (Lipinski definition) is 1. The van der Waals surface area contributed by atoms with Crippen molar-refractivity contribution in [3.8, 4) is 11.5 Å². The molecule has 1 N–H and O–H groups in total. The van der Waals surface area contributed by atoms with E-state index in [0.29, 0.717) is 5.56 Å². The molecular formula is C19H15ClF2N2O7. The van der Waals surface area contributed by atoms with Gasteiger partial charge in [0, 0.05) is 17.8 Å². The fraction of sp³-hybridized carbons (Fsp3) is 0.158. The SMILES string of the molecule is COc1cc(/C=C/C(=O)OCC(=O)Nc2ccc(Cl)c([N+](=O)[O-])c2)ccc1OC(F)F. The Balaban J connectivity index is 1.91. The molecule has 12 heteroatoms. The van der Waals surface area contributed by atoms with Crippen molar-refractivity contribution in [2.24, 2.45) is 0 Å². The number of nitro groups is 1. The predicted molar refractivity (Wildman–Crippen MR) is 106 cm³/mol. The Hall–Kier alpha value is -3.73. The lowest BCUT2D eigenvalue weighted by Gasteiger charge is -2.10. The molecule has 9 nitrogen and oxygen atoms in total. The maximum atomic E-state index is 12.3. The lowest BCUT2D eigenvalue weighted by Crippen LogP contribution is -2.20. The van der Waals surface area contributed by atoms with Crippen LogP contribution in [0.4, 0.5) is 20.2 Å². The van der Waals surface area contributed by atoms with Gasteiger partial charge < -0.3 is 19.5 Å². The van der Waals surface area contributed by atoms with Crippen LogP contribution in [0.1, 0.15) is 5.56 Å². The van der Waals surface area contributed by atoms with Gasteiger partial charge in [-0.3, -0.25) is 14.9 Å². The van der Waals surface area contributed by atoms with Crippen LogP contribution in [0.5, 0.6) is 11.5 Å². The van der Waals surface area contributed by atoms with Gasteiger partial charge in [0.15, 0.2) is 18.1 Å². The molecule has 1 amide bonds. The highest BCUT2D eigenvalue weighted by Crippen LogP contribution is 2.30. The molecular weight excluding hydrogens is 442 g/mol. The number of nitrogens with zero attached hydrogens (tertiary/aromatic N) is 1. The van der Waals surface area contributed by atoms with Crippen LogP contribution in [0.3, 0.4) is 0 Å². The molecule has 2 aromatic carbocycles. The van der Waals surface area contributed by atoms with Crippen molar-refractivity contribution < 1.29 is 37.5 Å². The minimum absolute atomic E-state index is 0.0345. The Morgan fingerprint density at radius 1 is 1.23 bits per heavy atom. The van der Waals surface area contributed by atoms with E-state index in [1.807, 2.05) is 0 Å². The quantitative estimate of drug-likeness (QED) is 0.262. The van der Waals surface area contributed by atoms with Gasteiger partial charge in [0.25, 0.3) is 11.6 Å². The molecule has 0 atom stereocenters. The second-order valence-electron chi connectivity index (χ2n) is 5.70. The second kappa shape index (κ2) is 10.9. The van der Waals surface area contributed by atoms with Crippen LogP contribution in [-0.4, -0.2) is 37.1 Å². The summed E-state index contributed by atoms with van der Waals surface area (Å²) in [7, 11) is 1.27. The maximum absolute atomic E-state index is 12.3. The van der Waals surface area contributed by atoms with Gasteiger partial charge in [-0.2, -0.15) is 8.78 Å². The van der Waals surface area contributed by atoms with E-state index in [1.54, 1.807) is 0 Å². The van der Waals surface area contributed by atoms with Crippen LogP contribution in [0.15, 0.2) is 42.5 Å². The zero-order valence-electron chi connectivity index (χ0n) is 15.8. The van der Waals surface area contributed by atoms with Crippen molar-refractivity contribution in [2.45, 2.75) is 6.61 Å². The number of ether oxygens (including phenoxy) is 3. The minimum atomic E-state index is -3.02. The number of carbonyl (C=O) groups excluding carboxylic acids is 2. The highest BCUT2D eigenvalue weighted by atomic mass is 35.5. The van der Waals surface area contributed by atoms with Gasteiger partial charge in [-0.1, -0.05) is 17.7 Å². The number of nitro benzene ring substituents is 1. The number of amides is 1. The molecule has 0 radical (unpaired) electrons. The van der Waals surface area contributed by atoms with E-state index in [2.05, 4.69) is 10.1 Å². The summed E-state index contributed by atoms with van der Waals surface area (Å²) in [5.41, 5.74) is 0.138. The summed E-state index contributed by atoms with van der Waals surface area (Å²) in [6.07, 6.45) is 2.33. The van der Waals surface area contributed by atoms with Crippen LogP contribution in [0, 0.1) is 10.1 Å². The number of alkyl halides is 2. The first kappa shape index (κ1) is 23.5. The van der Waals surface area contributed by atoms with E-state index in [-0.39, 0.29) is 27.9 Å². The van der Waals surface area contributed by atoms with Gasteiger partial charge in [-0.05, 0) is 35.9 Å². The highest BCUT2D eigenvalue weighted by Gasteiger charge is 2.14. The average molecular weight is 457 g/mol. The van der Waals surface area contributed by atoms with E-state index in [9.17, 15) is 28.5 Å². The Morgan fingerprint density at radius 3 is 2.61 bits per heavy atom. The zero-order chi connectivity index (χ0) is 23.0. The maximum Gasteiger partial charge on any atom is 0.387 e. The molecule has 164 valence electrons. The summed E-state index contributed by atoms with van der Waals surface area (Å²) >= 11 is 5.69. The summed E-state index contributed by atoms with van der Waals surface area (Å²) in [5, 5.41) is 13.1. The number of benzene rings is 2. The third kappa shape index (κ3) is 7.23. The molecule has 0 saturated carbocycles. The molecule has 0 aliphatic rings. The van der Waals surface area contributed by atoms with E-state index in [1.165, 1.54) is 43.5 Å². The summed E-state index contributed by atoms with van der Waals surface area (Å²) in [6.45, 7) is -3.67. The van der Waals surface area contributed by atoms with Gasteiger partial charge in [0.2, 0.25) is 0 Å². The number of esters is 1. The molecule has 2 aromatic rings. The van der Waals surface area contributed by atoms with Crippen LogP contribution in [-0.2, 0) is 14.3 Å². The van der Waals surface area contributed by atoms with Gasteiger partial charge in [-0.25, -0.2) is 4.79 Å². The number of carbonyl (C=O) groups is 2. The molecule has 0 spiro atoms.